The number of amides is 1. The molecule has 24 heavy (non-hydrogen) atoms. The molecule has 2 heterocycles. The average molecular weight is 345 g/mol. The van der Waals surface area contributed by atoms with E-state index >= 15 is 0 Å². The van der Waals surface area contributed by atoms with Gasteiger partial charge in [-0.1, -0.05) is 44.0 Å². The van der Waals surface area contributed by atoms with E-state index in [1.54, 1.807) is 0 Å². The summed E-state index contributed by atoms with van der Waals surface area (Å²) in [5.74, 6) is 0.0114. The van der Waals surface area contributed by atoms with Gasteiger partial charge in [-0.05, 0) is 48.9 Å². The summed E-state index contributed by atoms with van der Waals surface area (Å²) in [4.78, 5) is 19.1. The number of hydrogen-bond acceptors (Lipinski definition) is 2. The van der Waals surface area contributed by atoms with E-state index in [0.29, 0.717) is 5.69 Å². The van der Waals surface area contributed by atoms with Gasteiger partial charge in [0.15, 0.2) is 0 Å². The van der Waals surface area contributed by atoms with Crippen molar-refractivity contribution in [1.29, 1.82) is 0 Å². The van der Waals surface area contributed by atoms with Gasteiger partial charge in [-0.15, -0.1) is 12.4 Å². The molecule has 3 rings (SSSR count). The van der Waals surface area contributed by atoms with Crippen LogP contribution in [-0.4, -0.2) is 17.4 Å². The van der Waals surface area contributed by atoms with Crippen molar-refractivity contribution in [3.63, 3.8) is 0 Å². The quantitative estimate of drug-likeness (QED) is 0.728. The fourth-order valence-corrected chi connectivity index (χ4v) is 3.16. The number of pyridine rings is 1. The van der Waals surface area contributed by atoms with Crippen LogP contribution in [0.25, 0.3) is 0 Å². The van der Waals surface area contributed by atoms with Gasteiger partial charge in [-0.3, -0.25) is 9.78 Å². The Balaban J connectivity index is 0.00000208. The minimum absolute atomic E-state index is 0. The van der Waals surface area contributed by atoms with Crippen molar-refractivity contribution in [1.82, 2.24) is 4.98 Å². The van der Waals surface area contributed by atoms with Crippen molar-refractivity contribution in [3.05, 3.63) is 59.4 Å². The largest absolute Gasteiger partial charge is 0.307 e. The molecule has 1 aliphatic heterocycles. The SMILES string of the molecule is CCCCCc1ccc(C(=O)N2CCCc3ccccc32)nc1.Cl. The molecule has 0 unspecified atom stereocenters. The highest BCUT2D eigenvalue weighted by molar-refractivity contribution is 6.05. The van der Waals surface area contributed by atoms with Crippen LogP contribution in [0.5, 0.6) is 0 Å². The van der Waals surface area contributed by atoms with Gasteiger partial charge in [0.25, 0.3) is 5.91 Å². The van der Waals surface area contributed by atoms with E-state index in [1.807, 2.05) is 41.4 Å². The lowest BCUT2D eigenvalue weighted by Crippen LogP contribution is -2.35. The maximum atomic E-state index is 12.8. The van der Waals surface area contributed by atoms with Crippen LogP contribution in [0.1, 0.15) is 54.2 Å². The number of benzene rings is 1. The van der Waals surface area contributed by atoms with Gasteiger partial charge in [0, 0.05) is 18.4 Å². The van der Waals surface area contributed by atoms with Gasteiger partial charge in [0.1, 0.15) is 5.69 Å². The number of rotatable bonds is 5. The standard InChI is InChI=1S/C20H24N2O.ClH/c1-2-3-4-8-16-12-13-18(21-15-16)20(23)22-14-7-10-17-9-5-6-11-19(17)22;/h5-6,9,11-13,15H,2-4,7-8,10,14H2,1H3;1H. The summed E-state index contributed by atoms with van der Waals surface area (Å²) in [6.45, 7) is 2.98. The van der Waals surface area contributed by atoms with Crippen LogP contribution in [0.2, 0.25) is 0 Å². The molecule has 0 atom stereocenters. The third-order valence-electron chi connectivity index (χ3n) is 4.47. The molecule has 0 saturated heterocycles. The number of aromatic nitrogens is 1. The van der Waals surface area contributed by atoms with Crippen molar-refractivity contribution >= 4 is 24.0 Å². The van der Waals surface area contributed by atoms with Crippen molar-refractivity contribution in [2.45, 2.75) is 45.4 Å². The molecule has 2 aromatic rings. The average Bonchev–Trinajstić information content (AvgIpc) is 2.61. The first-order valence-electron chi connectivity index (χ1n) is 8.64. The number of nitrogens with zero attached hydrogens (tertiary/aromatic N) is 2. The highest BCUT2D eigenvalue weighted by Crippen LogP contribution is 2.27. The molecule has 1 aliphatic rings. The molecule has 0 aliphatic carbocycles. The zero-order valence-electron chi connectivity index (χ0n) is 14.2. The van der Waals surface area contributed by atoms with E-state index in [-0.39, 0.29) is 18.3 Å². The summed E-state index contributed by atoms with van der Waals surface area (Å²) in [7, 11) is 0. The predicted octanol–water partition coefficient (Wildman–Crippen LogP) is 4.83. The number of fused-ring (bicyclic) bond motifs is 1. The minimum Gasteiger partial charge on any atom is -0.307 e. The smallest absolute Gasteiger partial charge is 0.276 e. The van der Waals surface area contributed by atoms with Crippen LogP contribution in [0.4, 0.5) is 5.69 Å². The summed E-state index contributed by atoms with van der Waals surface area (Å²) >= 11 is 0. The van der Waals surface area contributed by atoms with E-state index in [1.165, 1.54) is 30.4 Å². The van der Waals surface area contributed by atoms with Crippen molar-refractivity contribution in [2.24, 2.45) is 0 Å². The van der Waals surface area contributed by atoms with Gasteiger partial charge in [-0.25, -0.2) is 0 Å². The molecule has 1 aromatic carbocycles. The summed E-state index contributed by atoms with van der Waals surface area (Å²) < 4.78 is 0. The Bertz CT molecular complexity index is 670. The Hall–Kier alpha value is -1.87. The van der Waals surface area contributed by atoms with Crippen molar-refractivity contribution < 1.29 is 4.79 Å². The zero-order chi connectivity index (χ0) is 16.1. The van der Waals surface area contributed by atoms with Crippen LogP contribution in [-0.2, 0) is 12.8 Å². The molecule has 0 fully saturated rings. The fourth-order valence-electron chi connectivity index (χ4n) is 3.16. The molecule has 0 saturated carbocycles. The Labute approximate surface area is 150 Å². The van der Waals surface area contributed by atoms with E-state index in [9.17, 15) is 4.79 Å². The van der Waals surface area contributed by atoms with Crippen LogP contribution in [0.3, 0.4) is 0 Å². The number of carbonyl (C=O) groups excluding carboxylic acids is 1. The Kier molecular flexibility index (Phi) is 6.80. The van der Waals surface area contributed by atoms with E-state index in [4.69, 9.17) is 0 Å². The molecular formula is C20H25ClN2O. The van der Waals surface area contributed by atoms with E-state index in [0.717, 1.165) is 31.5 Å². The van der Waals surface area contributed by atoms with Gasteiger partial charge in [0.05, 0.1) is 0 Å². The van der Waals surface area contributed by atoms with Crippen molar-refractivity contribution in [2.75, 3.05) is 11.4 Å². The molecule has 3 nitrogen and oxygen atoms in total. The molecule has 0 spiro atoms. The monoisotopic (exact) mass is 344 g/mol. The number of halogens is 1. The predicted molar refractivity (Wildman–Crippen MR) is 101 cm³/mol. The molecule has 0 bridgehead atoms. The first-order chi connectivity index (χ1) is 11.3. The molecule has 4 heteroatoms. The first-order valence-corrected chi connectivity index (χ1v) is 8.64. The third kappa shape index (κ3) is 4.15. The highest BCUT2D eigenvalue weighted by Gasteiger charge is 2.23. The Morgan fingerprint density at radius 2 is 2.00 bits per heavy atom. The number of para-hydroxylation sites is 1. The number of unbranched alkanes of at least 4 members (excludes halogenated alkanes) is 2. The van der Waals surface area contributed by atoms with Gasteiger partial charge in [0.2, 0.25) is 0 Å². The number of carbonyl (C=O) groups is 1. The highest BCUT2D eigenvalue weighted by atomic mass is 35.5. The second kappa shape index (κ2) is 8.84. The maximum absolute atomic E-state index is 12.8. The van der Waals surface area contributed by atoms with Crippen LogP contribution < -0.4 is 4.90 Å². The van der Waals surface area contributed by atoms with E-state index < -0.39 is 0 Å². The third-order valence-corrected chi connectivity index (χ3v) is 4.47. The molecule has 1 amide bonds. The molecule has 128 valence electrons. The normalized spacial score (nSPS) is 13.1. The minimum atomic E-state index is 0. The zero-order valence-corrected chi connectivity index (χ0v) is 15.0. The molecule has 1 aromatic heterocycles. The molecule has 0 N–H and O–H groups in total. The molecule has 0 radical (unpaired) electrons. The summed E-state index contributed by atoms with van der Waals surface area (Å²) in [5, 5.41) is 0. The second-order valence-electron chi connectivity index (χ2n) is 6.20. The first kappa shape index (κ1) is 18.5. The number of anilines is 1. The summed E-state index contributed by atoms with van der Waals surface area (Å²) in [6.07, 6.45) is 8.61. The number of hydrogen-bond donors (Lipinski definition) is 0. The summed E-state index contributed by atoms with van der Waals surface area (Å²) in [5.41, 5.74) is 4.05. The number of aryl methyl sites for hydroxylation is 2. The van der Waals surface area contributed by atoms with Crippen LogP contribution >= 0.6 is 12.4 Å². The van der Waals surface area contributed by atoms with Gasteiger partial charge in [-0.2, -0.15) is 0 Å². The lowest BCUT2D eigenvalue weighted by atomic mass is 10.0. The topological polar surface area (TPSA) is 33.2 Å². The lowest BCUT2D eigenvalue weighted by Gasteiger charge is -2.29. The van der Waals surface area contributed by atoms with E-state index in [2.05, 4.69) is 18.0 Å². The van der Waals surface area contributed by atoms with Crippen molar-refractivity contribution in [3.8, 4) is 0 Å². The van der Waals surface area contributed by atoms with Gasteiger partial charge >= 0.3 is 0 Å². The fraction of sp³-hybridized carbons (Fsp3) is 0.400. The Morgan fingerprint density at radius 1 is 1.17 bits per heavy atom. The Morgan fingerprint density at radius 3 is 2.75 bits per heavy atom. The summed E-state index contributed by atoms with van der Waals surface area (Å²) in [6, 6.07) is 12.1. The van der Waals surface area contributed by atoms with Crippen LogP contribution in [0, 0.1) is 0 Å². The second-order valence-corrected chi connectivity index (χ2v) is 6.20. The lowest BCUT2D eigenvalue weighted by molar-refractivity contribution is 0.0980. The maximum Gasteiger partial charge on any atom is 0.276 e. The van der Waals surface area contributed by atoms with Gasteiger partial charge < -0.3 is 4.90 Å². The van der Waals surface area contributed by atoms with Crippen LogP contribution in [0.15, 0.2) is 42.6 Å². The molecular weight excluding hydrogens is 320 g/mol.